The summed E-state index contributed by atoms with van der Waals surface area (Å²) >= 11 is 0. The summed E-state index contributed by atoms with van der Waals surface area (Å²) in [4.78, 5) is 8.41. The maximum Gasteiger partial charge on any atom is 0.393 e. The molecular formula is C3H7O3P. The zero-order chi connectivity index (χ0) is 5.70. The smallest absolute Gasteiger partial charge is 0.393 e. The van der Waals surface area contributed by atoms with E-state index in [2.05, 4.69) is 15.6 Å². The van der Waals surface area contributed by atoms with Gasteiger partial charge < -0.3 is 13.9 Å². The van der Waals surface area contributed by atoms with Crippen LogP contribution in [0.15, 0.2) is 12.8 Å². The number of rotatable bonds is 3. The van der Waals surface area contributed by atoms with Crippen LogP contribution >= 0.6 is 8.60 Å². The summed E-state index contributed by atoms with van der Waals surface area (Å²) in [7, 11) is -0.340. The minimum absolute atomic E-state index is 1.13. The fourth-order valence-electron chi connectivity index (χ4n) is 0.107. The lowest BCUT2D eigenvalue weighted by Gasteiger charge is -2.00. The molecule has 0 spiro atoms. The molecule has 0 saturated heterocycles. The molecule has 0 amide bonds. The van der Waals surface area contributed by atoms with Crippen molar-refractivity contribution in [3.05, 3.63) is 12.8 Å². The molecule has 1 atom stereocenters. The zero-order valence-corrected chi connectivity index (χ0v) is 4.89. The topological polar surface area (TPSA) is 38.7 Å². The van der Waals surface area contributed by atoms with Crippen molar-refractivity contribution in [2.75, 3.05) is 7.11 Å². The van der Waals surface area contributed by atoms with E-state index in [1.54, 1.807) is 0 Å². The van der Waals surface area contributed by atoms with Crippen molar-refractivity contribution in [1.29, 1.82) is 0 Å². The van der Waals surface area contributed by atoms with Gasteiger partial charge in [0.25, 0.3) is 0 Å². The Labute approximate surface area is 43.6 Å². The molecule has 0 aliphatic carbocycles. The summed E-state index contributed by atoms with van der Waals surface area (Å²) in [5.41, 5.74) is 0. The standard InChI is InChI=1S/C3H7O3P/c1-3-6-7(4)5-2/h3-4H,1H2,2H3. The van der Waals surface area contributed by atoms with Gasteiger partial charge in [0.15, 0.2) is 0 Å². The summed E-state index contributed by atoms with van der Waals surface area (Å²) in [6.07, 6.45) is 1.13. The van der Waals surface area contributed by atoms with E-state index in [1.807, 2.05) is 0 Å². The van der Waals surface area contributed by atoms with Crippen molar-refractivity contribution < 1.29 is 13.9 Å². The molecule has 0 aromatic carbocycles. The van der Waals surface area contributed by atoms with Crippen LogP contribution in [0.2, 0.25) is 0 Å². The molecule has 0 aromatic heterocycles. The van der Waals surface area contributed by atoms with E-state index in [-0.39, 0.29) is 0 Å². The van der Waals surface area contributed by atoms with Gasteiger partial charge >= 0.3 is 8.60 Å². The van der Waals surface area contributed by atoms with E-state index in [0.29, 0.717) is 0 Å². The lowest BCUT2D eigenvalue weighted by molar-refractivity contribution is 0.294. The Bertz CT molecular complexity index is 56.1. The fraction of sp³-hybridized carbons (Fsp3) is 0.333. The molecule has 0 bridgehead atoms. The van der Waals surface area contributed by atoms with E-state index in [1.165, 1.54) is 7.11 Å². The van der Waals surface area contributed by atoms with Crippen LogP contribution in [-0.4, -0.2) is 12.0 Å². The van der Waals surface area contributed by atoms with Gasteiger partial charge in [0.1, 0.15) is 0 Å². The van der Waals surface area contributed by atoms with Crippen molar-refractivity contribution in [2.45, 2.75) is 0 Å². The molecule has 0 radical (unpaired) electrons. The van der Waals surface area contributed by atoms with Gasteiger partial charge in [-0.05, 0) is 0 Å². The molecule has 42 valence electrons. The van der Waals surface area contributed by atoms with Gasteiger partial charge in [0.05, 0.1) is 6.26 Å². The van der Waals surface area contributed by atoms with Crippen LogP contribution in [0.3, 0.4) is 0 Å². The highest BCUT2D eigenvalue weighted by Crippen LogP contribution is 2.30. The maximum atomic E-state index is 8.41. The average Bonchev–Trinajstić information content (AvgIpc) is 1.68. The molecule has 0 aliphatic heterocycles. The minimum atomic E-state index is -1.70. The van der Waals surface area contributed by atoms with Gasteiger partial charge in [-0.15, -0.1) is 0 Å². The molecule has 0 heterocycles. The van der Waals surface area contributed by atoms with Crippen molar-refractivity contribution in [1.82, 2.24) is 0 Å². The van der Waals surface area contributed by atoms with Gasteiger partial charge in [-0.1, -0.05) is 6.58 Å². The summed E-state index contributed by atoms with van der Waals surface area (Å²) in [5, 5.41) is 0. The summed E-state index contributed by atoms with van der Waals surface area (Å²) < 4.78 is 8.67. The normalized spacial score (nSPS) is 12.9. The SMILES string of the molecule is C=COP(O)OC. The van der Waals surface area contributed by atoms with E-state index >= 15 is 0 Å². The van der Waals surface area contributed by atoms with Gasteiger partial charge in [-0.25, -0.2) is 0 Å². The minimum Gasteiger partial charge on any atom is -0.435 e. The third-order valence-corrected chi connectivity index (χ3v) is 0.963. The second-order valence-corrected chi connectivity index (χ2v) is 1.74. The molecule has 4 heteroatoms. The van der Waals surface area contributed by atoms with E-state index in [0.717, 1.165) is 6.26 Å². The van der Waals surface area contributed by atoms with Crippen LogP contribution in [0.25, 0.3) is 0 Å². The predicted molar refractivity (Wildman–Crippen MR) is 27.4 cm³/mol. The monoisotopic (exact) mass is 122 g/mol. The van der Waals surface area contributed by atoms with Crippen molar-refractivity contribution in [2.24, 2.45) is 0 Å². The Morgan fingerprint density at radius 1 is 1.86 bits per heavy atom. The Kier molecular flexibility index (Phi) is 4.00. The first-order chi connectivity index (χ1) is 3.31. The molecule has 0 rings (SSSR count). The van der Waals surface area contributed by atoms with Crippen LogP contribution in [0.4, 0.5) is 0 Å². The van der Waals surface area contributed by atoms with Gasteiger partial charge in [0.2, 0.25) is 0 Å². The highest BCUT2D eigenvalue weighted by atomic mass is 31.2. The summed E-state index contributed by atoms with van der Waals surface area (Å²) in [6.45, 7) is 3.20. The first-order valence-corrected chi connectivity index (χ1v) is 2.75. The quantitative estimate of drug-likeness (QED) is 0.448. The van der Waals surface area contributed by atoms with Crippen LogP contribution in [0.1, 0.15) is 0 Å². The third kappa shape index (κ3) is 3.73. The molecule has 1 N–H and O–H groups in total. The molecule has 0 saturated carbocycles. The second kappa shape index (κ2) is 4.06. The first-order valence-electron chi connectivity index (χ1n) is 1.62. The molecule has 1 unspecified atom stereocenters. The van der Waals surface area contributed by atoms with Crippen molar-refractivity contribution in [3.63, 3.8) is 0 Å². The molecule has 7 heavy (non-hydrogen) atoms. The highest BCUT2D eigenvalue weighted by molar-refractivity contribution is 7.40. The molecule has 0 aromatic rings. The predicted octanol–water partition coefficient (Wildman–Crippen LogP) is 1.01. The lowest BCUT2D eigenvalue weighted by atomic mass is 11.2. The Morgan fingerprint density at radius 3 is 2.57 bits per heavy atom. The van der Waals surface area contributed by atoms with Gasteiger partial charge in [-0.3, -0.25) is 0 Å². The lowest BCUT2D eigenvalue weighted by Crippen LogP contribution is -1.74. The van der Waals surface area contributed by atoms with Crippen molar-refractivity contribution >= 4 is 8.60 Å². The second-order valence-electron chi connectivity index (χ2n) is 0.692. The Balaban J connectivity index is 2.98. The largest absolute Gasteiger partial charge is 0.435 e. The average molecular weight is 122 g/mol. The van der Waals surface area contributed by atoms with Crippen LogP contribution in [0.5, 0.6) is 0 Å². The summed E-state index contributed by atoms with van der Waals surface area (Å²) in [5.74, 6) is 0. The fourth-order valence-corrected chi connectivity index (χ4v) is 0.320. The van der Waals surface area contributed by atoms with E-state index < -0.39 is 8.60 Å². The van der Waals surface area contributed by atoms with Crippen LogP contribution < -0.4 is 0 Å². The highest BCUT2D eigenvalue weighted by Gasteiger charge is 1.97. The Hall–Kier alpha value is -0.110. The van der Waals surface area contributed by atoms with Gasteiger partial charge in [0, 0.05) is 7.11 Å². The number of hydrogen-bond acceptors (Lipinski definition) is 3. The third-order valence-electron chi connectivity index (χ3n) is 0.321. The molecule has 0 fully saturated rings. The zero-order valence-electron chi connectivity index (χ0n) is 4.00. The summed E-state index contributed by atoms with van der Waals surface area (Å²) in [6, 6.07) is 0. The van der Waals surface area contributed by atoms with Gasteiger partial charge in [-0.2, -0.15) is 0 Å². The number of hydrogen-bond donors (Lipinski definition) is 1. The van der Waals surface area contributed by atoms with E-state index in [9.17, 15) is 0 Å². The first kappa shape index (κ1) is 6.89. The van der Waals surface area contributed by atoms with Crippen molar-refractivity contribution in [3.8, 4) is 0 Å². The van der Waals surface area contributed by atoms with Crippen LogP contribution in [0, 0.1) is 0 Å². The van der Waals surface area contributed by atoms with E-state index in [4.69, 9.17) is 4.89 Å². The van der Waals surface area contributed by atoms with Crippen LogP contribution in [-0.2, 0) is 9.05 Å². The molecule has 0 aliphatic rings. The molecule has 3 nitrogen and oxygen atoms in total. The Morgan fingerprint density at radius 2 is 2.43 bits per heavy atom. The maximum absolute atomic E-state index is 8.41. The molecular weight excluding hydrogens is 115 g/mol.